The number of benzene rings is 2. The minimum Gasteiger partial charge on any atom is -0.497 e. The van der Waals surface area contributed by atoms with Gasteiger partial charge in [-0.25, -0.2) is 9.59 Å². The Labute approximate surface area is 186 Å². The van der Waals surface area contributed by atoms with Crippen LogP contribution >= 0.6 is 0 Å². The molecule has 1 fully saturated rings. The van der Waals surface area contributed by atoms with Gasteiger partial charge in [-0.2, -0.15) is 0 Å². The molecule has 0 atom stereocenters. The number of hydrogen-bond acceptors (Lipinski definition) is 8. The van der Waals surface area contributed by atoms with Crippen LogP contribution in [0.25, 0.3) is 0 Å². The molecule has 1 aliphatic rings. The number of methoxy groups -OCH3 is 3. The maximum atomic E-state index is 12.7. The van der Waals surface area contributed by atoms with Gasteiger partial charge in [0.05, 0.1) is 44.7 Å². The largest absolute Gasteiger partial charge is 0.497 e. The van der Waals surface area contributed by atoms with E-state index in [1.165, 1.54) is 32.4 Å². The summed E-state index contributed by atoms with van der Waals surface area (Å²) in [6.45, 7) is 3.11. The Hall–Kier alpha value is -3.59. The number of anilines is 2. The Balaban J connectivity index is 1.62. The summed E-state index contributed by atoms with van der Waals surface area (Å²) < 4.78 is 14.8. The van der Waals surface area contributed by atoms with E-state index in [0.717, 1.165) is 24.5 Å². The first-order chi connectivity index (χ1) is 15.4. The molecule has 1 heterocycles. The third-order valence-corrected chi connectivity index (χ3v) is 5.28. The zero-order chi connectivity index (χ0) is 23.1. The van der Waals surface area contributed by atoms with Crippen LogP contribution in [0, 0.1) is 0 Å². The number of hydrogen-bond donors (Lipinski definition) is 1. The van der Waals surface area contributed by atoms with E-state index < -0.39 is 11.9 Å². The van der Waals surface area contributed by atoms with E-state index in [4.69, 9.17) is 14.2 Å². The Morgan fingerprint density at radius 2 is 1.62 bits per heavy atom. The number of amides is 1. The fourth-order valence-corrected chi connectivity index (χ4v) is 3.54. The second kappa shape index (κ2) is 10.6. The van der Waals surface area contributed by atoms with Gasteiger partial charge in [0.25, 0.3) is 0 Å². The zero-order valence-corrected chi connectivity index (χ0v) is 18.4. The average Bonchev–Trinajstić information content (AvgIpc) is 2.83. The highest BCUT2D eigenvalue weighted by atomic mass is 16.5. The molecule has 32 heavy (non-hydrogen) atoms. The van der Waals surface area contributed by atoms with Crippen LogP contribution in [0.1, 0.15) is 20.7 Å². The van der Waals surface area contributed by atoms with Crippen molar-refractivity contribution in [1.82, 2.24) is 4.90 Å². The second-order valence-corrected chi connectivity index (χ2v) is 7.26. The zero-order valence-electron chi connectivity index (χ0n) is 18.4. The van der Waals surface area contributed by atoms with Gasteiger partial charge in [0.2, 0.25) is 5.91 Å². The highest BCUT2D eigenvalue weighted by Crippen LogP contribution is 2.23. The van der Waals surface area contributed by atoms with Crippen LogP contribution in [0.3, 0.4) is 0 Å². The molecule has 1 amide bonds. The molecular formula is C23H27N3O6. The predicted octanol–water partition coefficient (Wildman–Crippen LogP) is 2.03. The molecule has 0 unspecified atom stereocenters. The van der Waals surface area contributed by atoms with Gasteiger partial charge in [-0.3, -0.25) is 9.69 Å². The summed E-state index contributed by atoms with van der Waals surface area (Å²) in [6.07, 6.45) is 0. The van der Waals surface area contributed by atoms with Crippen LogP contribution in [0.15, 0.2) is 42.5 Å². The Morgan fingerprint density at radius 3 is 2.28 bits per heavy atom. The van der Waals surface area contributed by atoms with Crippen LogP contribution in [-0.4, -0.2) is 76.8 Å². The molecule has 0 spiro atoms. The lowest BCUT2D eigenvalue weighted by atomic mass is 10.1. The van der Waals surface area contributed by atoms with Crippen LogP contribution in [0.2, 0.25) is 0 Å². The summed E-state index contributed by atoms with van der Waals surface area (Å²) >= 11 is 0. The van der Waals surface area contributed by atoms with E-state index >= 15 is 0 Å². The molecule has 1 aliphatic heterocycles. The van der Waals surface area contributed by atoms with E-state index in [9.17, 15) is 14.4 Å². The molecule has 2 aromatic carbocycles. The van der Waals surface area contributed by atoms with Crippen molar-refractivity contribution < 1.29 is 28.6 Å². The lowest BCUT2D eigenvalue weighted by molar-refractivity contribution is -0.117. The molecule has 0 bridgehead atoms. The number of nitrogens with one attached hydrogen (secondary N) is 1. The molecule has 9 nitrogen and oxygen atoms in total. The topological polar surface area (TPSA) is 97.4 Å². The fourth-order valence-electron chi connectivity index (χ4n) is 3.54. The molecular weight excluding hydrogens is 414 g/mol. The first-order valence-corrected chi connectivity index (χ1v) is 10.2. The number of carbonyl (C=O) groups is 3. The molecule has 0 radical (unpaired) electrons. The Morgan fingerprint density at radius 1 is 0.906 bits per heavy atom. The van der Waals surface area contributed by atoms with Crippen molar-refractivity contribution in [2.45, 2.75) is 0 Å². The van der Waals surface area contributed by atoms with Gasteiger partial charge >= 0.3 is 11.9 Å². The summed E-state index contributed by atoms with van der Waals surface area (Å²) in [5.41, 5.74) is 1.68. The molecule has 1 saturated heterocycles. The molecule has 0 saturated carbocycles. The highest BCUT2D eigenvalue weighted by molar-refractivity contribution is 6.03. The van der Waals surface area contributed by atoms with Crippen LogP contribution in [0.5, 0.6) is 5.75 Å². The minimum atomic E-state index is -0.608. The van der Waals surface area contributed by atoms with Gasteiger partial charge in [-0.15, -0.1) is 0 Å². The van der Waals surface area contributed by atoms with Gasteiger partial charge in [-0.1, -0.05) is 6.07 Å². The lowest BCUT2D eigenvalue weighted by Gasteiger charge is -2.35. The number of nitrogens with zero attached hydrogens (tertiary/aromatic N) is 2. The number of esters is 2. The summed E-state index contributed by atoms with van der Waals surface area (Å²) in [6, 6.07) is 12.2. The van der Waals surface area contributed by atoms with E-state index in [-0.39, 0.29) is 29.3 Å². The summed E-state index contributed by atoms with van der Waals surface area (Å²) in [4.78, 5) is 40.8. The number of ether oxygens (including phenoxy) is 3. The van der Waals surface area contributed by atoms with Gasteiger partial charge in [0, 0.05) is 37.9 Å². The third kappa shape index (κ3) is 5.55. The number of rotatable bonds is 7. The van der Waals surface area contributed by atoms with Gasteiger partial charge in [-0.05, 0) is 30.3 Å². The summed E-state index contributed by atoms with van der Waals surface area (Å²) in [5.74, 6) is -0.652. The van der Waals surface area contributed by atoms with Crippen LogP contribution < -0.4 is 15.0 Å². The van der Waals surface area contributed by atoms with Crippen molar-refractivity contribution in [3.63, 3.8) is 0 Å². The van der Waals surface area contributed by atoms with E-state index in [1.807, 2.05) is 29.2 Å². The molecule has 0 aromatic heterocycles. The van der Waals surface area contributed by atoms with Crippen LogP contribution in [-0.2, 0) is 14.3 Å². The SMILES string of the molecule is COC(=O)c1ccc(C(=O)OC)c(NC(=O)CN2CCN(c3cccc(OC)c3)CC2)c1. The monoisotopic (exact) mass is 441 g/mol. The number of piperazine rings is 1. The van der Waals surface area contributed by atoms with Gasteiger partial charge in [0.1, 0.15) is 5.75 Å². The fraction of sp³-hybridized carbons (Fsp3) is 0.348. The lowest BCUT2D eigenvalue weighted by Crippen LogP contribution is -2.48. The Bertz CT molecular complexity index is 985. The maximum absolute atomic E-state index is 12.7. The van der Waals surface area contributed by atoms with Gasteiger partial charge in [0.15, 0.2) is 0 Å². The standard InChI is InChI=1S/C23H27N3O6/c1-30-18-6-4-5-17(14-18)26-11-9-25(10-12-26)15-21(27)24-20-13-16(22(28)31-2)7-8-19(20)23(29)32-3/h4-8,13-14H,9-12,15H2,1-3H3,(H,24,27). The van der Waals surface area contributed by atoms with E-state index in [2.05, 4.69) is 10.2 Å². The third-order valence-electron chi connectivity index (χ3n) is 5.28. The van der Waals surface area contributed by atoms with E-state index in [0.29, 0.717) is 13.1 Å². The van der Waals surface area contributed by atoms with Crippen molar-refractivity contribution in [1.29, 1.82) is 0 Å². The van der Waals surface area contributed by atoms with Crippen molar-refractivity contribution in [3.05, 3.63) is 53.6 Å². The molecule has 170 valence electrons. The summed E-state index contributed by atoms with van der Waals surface area (Å²) in [7, 11) is 4.16. The number of carbonyl (C=O) groups excluding carboxylic acids is 3. The molecule has 9 heteroatoms. The minimum absolute atomic E-state index is 0.162. The molecule has 0 aliphatic carbocycles. The molecule has 3 rings (SSSR count). The first-order valence-electron chi connectivity index (χ1n) is 10.2. The average molecular weight is 441 g/mol. The van der Waals surface area contributed by atoms with Crippen molar-refractivity contribution in [2.24, 2.45) is 0 Å². The maximum Gasteiger partial charge on any atom is 0.339 e. The van der Waals surface area contributed by atoms with E-state index in [1.54, 1.807) is 7.11 Å². The second-order valence-electron chi connectivity index (χ2n) is 7.26. The smallest absolute Gasteiger partial charge is 0.339 e. The van der Waals surface area contributed by atoms with Crippen molar-refractivity contribution in [2.75, 3.05) is 64.3 Å². The normalized spacial score (nSPS) is 13.9. The quantitative estimate of drug-likeness (QED) is 0.652. The van der Waals surface area contributed by atoms with Gasteiger partial charge < -0.3 is 24.4 Å². The summed E-state index contributed by atoms with van der Waals surface area (Å²) in [5, 5.41) is 2.73. The van der Waals surface area contributed by atoms with Crippen LogP contribution in [0.4, 0.5) is 11.4 Å². The Kier molecular flexibility index (Phi) is 7.67. The molecule has 2 aromatic rings. The highest BCUT2D eigenvalue weighted by Gasteiger charge is 2.22. The van der Waals surface area contributed by atoms with Crippen molar-refractivity contribution in [3.8, 4) is 5.75 Å². The first kappa shape index (κ1) is 23.1. The van der Waals surface area contributed by atoms with Crippen molar-refractivity contribution >= 4 is 29.2 Å². The molecule has 1 N–H and O–H groups in total. The predicted molar refractivity (Wildman–Crippen MR) is 119 cm³/mol.